The number of benzene rings is 2. The number of rotatable bonds is 4. The lowest BCUT2D eigenvalue weighted by atomic mass is 9.78. The second-order valence-electron chi connectivity index (χ2n) is 6.15. The Morgan fingerprint density at radius 2 is 1.89 bits per heavy atom. The summed E-state index contributed by atoms with van der Waals surface area (Å²) in [6.07, 6.45) is 0. The molecule has 0 aliphatic carbocycles. The maximum atomic E-state index is 13.1. The van der Waals surface area contributed by atoms with E-state index in [9.17, 15) is 10.1 Å². The first-order valence-electron chi connectivity index (χ1n) is 8.35. The van der Waals surface area contributed by atoms with Crippen molar-refractivity contribution < 1.29 is 9.53 Å². The highest BCUT2D eigenvalue weighted by molar-refractivity contribution is 7.80. The summed E-state index contributed by atoms with van der Waals surface area (Å²) in [5.74, 6) is -0.937. The molecule has 142 valence electrons. The van der Waals surface area contributed by atoms with E-state index in [1.165, 1.54) is 0 Å². The van der Waals surface area contributed by atoms with Crippen LogP contribution < -0.4 is 21.1 Å². The third-order valence-corrected chi connectivity index (χ3v) is 5.07. The lowest BCUT2D eigenvalue weighted by Crippen LogP contribution is -2.46. The fourth-order valence-electron chi connectivity index (χ4n) is 3.09. The zero-order chi connectivity index (χ0) is 20.3. The van der Waals surface area contributed by atoms with Crippen LogP contribution in [0.4, 0.5) is 5.69 Å². The minimum Gasteiger partial charge on any atom is -0.497 e. The lowest BCUT2D eigenvalue weighted by molar-refractivity contribution is -0.118. The van der Waals surface area contributed by atoms with Crippen LogP contribution in [0.5, 0.6) is 5.75 Å². The van der Waals surface area contributed by atoms with Gasteiger partial charge in [0.2, 0.25) is 5.91 Å². The van der Waals surface area contributed by atoms with Gasteiger partial charge in [0.15, 0.2) is 0 Å². The number of ether oxygens (including phenoxy) is 1. The van der Waals surface area contributed by atoms with E-state index in [0.29, 0.717) is 16.5 Å². The predicted molar refractivity (Wildman–Crippen MR) is 112 cm³/mol. The minimum atomic E-state index is -0.805. The quantitative estimate of drug-likeness (QED) is 0.666. The van der Waals surface area contributed by atoms with Gasteiger partial charge in [0.25, 0.3) is 0 Å². The van der Waals surface area contributed by atoms with E-state index in [0.717, 1.165) is 5.56 Å². The number of halogens is 1. The number of nitrogens with two attached hydrogens (primary N) is 1. The van der Waals surface area contributed by atoms with Crippen molar-refractivity contribution in [3.05, 3.63) is 70.5 Å². The van der Waals surface area contributed by atoms with Gasteiger partial charge in [0, 0.05) is 16.6 Å². The number of nitrogens with zero attached hydrogens (tertiary/aromatic N) is 1. The summed E-state index contributed by atoms with van der Waals surface area (Å²) in [6.45, 7) is 0. The normalized spacial score (nSPS) is 18.8. The molecule has 2 atom stereocenters. The molecule has 1 amide bonds. The molecule has 28 heavy (non-hydrogen) atoms. The second-order valence-corrected chi connectivity index (χ2v) is 7.03. The first kappa shape index (κ1) is 19.7. The number of amides is 1. The molecule has 0 saturated carbocycles. The molecule has 0 fully saturated rings. The van der Waals surface area contributed by atoms with Crippen LogP contribution in [0, 0.1) is 17.2 Å². The predicted octanol–water partition coefficient (Wildman–Crippen LogP) is 3.31. The van der Waals surface area contributed by atoms with Gasteiger partial charge in [-0.15, -0.1) is 0 Å². The molecule has 6 nitrogen and oxygen atoms in total. The van der Waals surface area contributed by atoms with E-state index in [1.54, 1.807) is 55.6 Å². The fraction of sp³-hybridized carbons (Fsp3) is 0.150. The molecule has 8 heteroatoms. The first-order chi connectivity index (χ1) is 13.4. The number of carbonyl (C=O) groups is 1. The highest BCUT2D eigenvalue weighted by Gasteiger charge is 2.40. The molecule has 0 spiro atoms. The van der Waals surface area contributed by atoms with E-state index in [-0.39, 0.29) is 22.3 Å². The Labute approximate surface area is 172 Å². The van der Waals surface area contributed by atoms with Crippen molar-refractivity contribution in [1.29, 1.82) is 5.26 Å². The number of thiocarbonyl (C=S) groups is 1. The Hall–Kier alpha value is -3.08. The molecular weight excluding hydrogens is 396 g/mol. The molecule has 1 aliphatic heterocycles. The standard InChI is InChI=1S/C20H17ClN4O2S/c1-27-14-8-6-13(7-9-14)24-19(26)17-16(11-2-4-12(21)5-3-11)15(10-22)18(23)25-20(17)28/h2-9,16-17H,23H2,1H3,(H,24,26)(H,25,28). The van der Waals surface area contributed by atoms with Crippen molar-refractivity contribution >= 4 is 40.4 Å². The van der Waals surface area contributed by atoms with Crippen molar-refractivity contribution in [1.82, 2.24) is 5.32 Å². The Kier molecular flexibility index (Phi) is 5.83. The topological polar surface area (TPSA) is 100 Å². The van der Waals surface area contributed by atoms with E-state index in [4.69, 9.17) is 34.3 Å². The minimum absolute atomic E-state index is 0.154. The van der Waals surface area contributed by atoms with Gasteiger partial charge in [-0.25, -0.2) is 0 Å². The van der Waals surface area contributed by atoms with E-state index in [1.807, 2.05) is 0 Å². The van der Waals surface area contributed by atoms with E-state index in [2.05, 4.69) is 16.7 Å². The van der Waals surface area contributed by atoms with Gasteiger partial charge in [-0.3, -0.25) is 4.79 Å². The lowest BCUT2D eigenvalue weighted by Gasteiger charge is -2.32. The molecule has 4 N–H and O–H groups in total. The van der Waals surface area contributed by atoms with Gasteiger partial charge in [-0.2, -0.15) is 5.26 Å². The van der Waals surface area contributed by atoms with Crippen LogP contribution >= 0.6 is 23.8 Å². The maximum absolute atomic E-state index is 13.1. The van der Waals surface area contributed by atoms with Crippen molar-refractivity contribution in [3.63, 3.8) is 0 Å². The van der Waals surface area contributed by atoms with E-state index < -0.39 is 11.8 Å². The molecule has 0 saturated heterocycles. The van der Waals surface area contributed by atoms with Gasteiger partial charge >= 0.3 is 0 Å². The Morgan fingerprint density at radius 1 is 1.25 bits per heavy atom. The molecule has 2 aromatic rings. The number of carbonyl (C=O) groups excluding carboxylic acids is 1. The van der Waals surface area contributed by atoms with Crippen LogP contribution in [0.2, 0.25) is 5.02 Å². The molecule has 1 aliphatic rings. The van der Waals surface area contributed by atoms with Crippen molar-refractivity contribution in [2.24, 2.45) is 11.7 Å². The first-order valence-corrected chi connectivity index (χ1v) is 9.14. The van der Waals surface area contributed by atoms with Crippen LogP contribution in [0.1, 0.15) is 11.5 Å². The fourth-order valence-corrected chi connectivity index (χ4v) is 3.57. The Bertz CT molecular complexity index is 981. The van der Waals surface area contributed by atoms with Crippen LogP contribution in [-0.4, -0.2) is 18.0 Å². The summed E-state index contributed by atoms with van der Waals surface area (Å²) in [7, 11) is 1.57. The number of methoxy groups -OCH3 is 1. The van der Waals surface area contributed by atoms with Crippen molar-refractivity contribution in [2.75, 3.05) is 12.4 Å². The highest BCUT2D eigenvalue weighted by Crippen LogP contribution is 2.37. The molecule has 3 rings (SSSR count). The number of nitrogens with one attached hydrogen (secondary N) is 2. The zero-order valence-corrected chi connectivity index (χ0v) is 16.5. The van der Waals surface area contributed by atoms with Gasteiger partial charge in [-0.05, 0) is 42.0 Å². The summed E-state index contributed by atoms with van der Waals surface area (Å²) in [5.41, 5.74) is 7.54. The Balaban J connectivity index is 1.97. The molecular formula is C20H17ClN4O2S. The molecule has 1 heterocycles. The summed E-state index contributed by atoms with van der Waals surface area (Å²) in [6, 6.07) is 16.0. The van der Waals surface area contributed by atoms with E-state index >= 15 is 0 Å². The van der Waals surface area contributed by atoms with Crippen molar-refractivity contribution in [3.8, 4) is 11.8 Å². The van der Waals surface area contributed by atoms with Crippen LogP contribution in [0.3, 0.4) is 0 Å². The number of hydrogen-bond acceptors (Lipinski definition) is 5. The second kappa shape index (κ2) is 8.30. The van der Waals surface area contributed by atoms with Gasteiger partial charge in [0.1, 0.15) is 17.5 Å². The summed E-state index contributed by atoms with van der Waals surface area (Å²) >= 11 is 11.4. The largest absolute Gasteiger partial charge is 0.497 e. The third kappa shape index (κ3) is 3.93. The molecule has 2 aromatic carbocycles. The third-order valence-electron chi connectivity index (χ3n) is 4.46. The van der Waals surface area contributed by atoms with Crippen LogP contribution in [0.25, 0.3) is 0 Å². The molecule has 2 unspecified atom stereocenters. The smallest absolute Gasteiger partial charge is 0.235 e. The number of anilines is 1. The van der Waals surface area contributed by atoms with Gasteiger partial charge in [-0.1, -0.05) is 36.0 Å². The maximum Gasteiger partial charge on any atom is 0.235 e. The highest BCUT2D eigenvalue weighted by atomic mass is 35.5. The number of hydrogen-bond donors (Lipinski definition) is 3. The van der Waals surface area contributed by atoms with Crippen LogP contribution in [-0.2, 0) is 4.79 Å². The van der Waals surface area contributed by atoms with Gasteiger partial charge < -0.3 is 21.1 Å². The molecule has 0 aromatic heterocycles. The molecule has 0 radical (unpaired) electrons. The summed E-state index contributed by atoms with van der Waals surface area (Å²) < 4.78 is 5.12. The average molecular weight is 413 g/mol. The monoisotopic (exact) mass is 412 g/mol. The Morgan fingerprint density at radius 3 is 2.46 bits per heavy atom. The summed E-state index contributed by atoms with van der Waals surface area (Å²) in [4.78, 5) is 13.3. The zero-order valence-electron chi connectivity index (χ0n) is 14.9. The van der Waals surface area contributed by atoms with Crippen LogP contribution in [0.15, 0.2) is 59.9 Å². The summed E-state index contributed by atoms with van der Waals surface area (Å²) in [5, 5.41) is 15.8. The average Bonchev–Trinajstić information content (AvgIpc) is 2.68. The van der Waals surface area contributed by atoms with Crippen molar-refractivity contribution in [2.45, 2.75) is 5.92 Å². The number of allylic oxidation sites excluding steroid dienone is 1. The van der Waals surface area contributed by atoms with Gasteiger partial charge in [0.05, 0.1) is 23.7 Å². The molecule has 0 bridgehead atoms. The SMILES string of the molecule is COc1ccc(NC(=O)C2C(=S)NC(N)=C(C#N)C2c2ccc(Cl)cc2)cc1. The number of nitriles is 1.